The number of rotatable bonds is 3. The molecule has 0 fully saturated rings. The molecule has 7 heteroatoms. The number of carbonyl (C=O) groups excluding carboxylic acids is 1. The number of nitrogens with zero attached hydrogens (tertiary/aromatic N) is 1. The molecular formula is C9H10F3NO2S. The van der Waals surface area contributed by atoms with Gasteiger partial charge in [-0.1, -0.05) is 6.07 Å². The molecule has 0 aliphatic heterocycles. The smallest absolute Gasteiger partial charge is 0.422 e. The van der Waals surface area contributed by atoms with E-state index in [9.17, 15) is 18.0 Å². The maximum Gasteiger partial charge on any atom is 0.422 e. The zero-order chi connectivity index (χ0) is 12.2. The van der Waals surface area contributed by atoms with Gasteiger partial charge in [-0.05, 0) is 11.4 Å². The van der Waals surface area contributed by atoms with Gasteiger partial charge in [0.25, 0.3) is 0 Å². The summed E-state index contributed by atoms with van der Waals surface area (Å²) in [5.41, 5.74) is 0. The van der Waals surface area contributed by atoms with Crippen molar-refractivity contribution >= 4 is 17.4 Å². The second-order valence-corrected chi connectivity index (χ2v) is 4.14. The highest BCUT2D eigenvalue weighted by atomic mass is 32.1. The molecule has 0 unspecified atom stereocenters. The van der Waals surface area contributed by atoms with E-state index in [1.165, 1.54) is 18.4 Å². The molecule has 0 saturated carbocycles. The van der Waals surface area contributed by atoms with Crippen molar-refractivity contribution in [1.29, 1.82) is 0 Å². The van der Waals surface area contributed by atoms with E-state index < -0.39 is 18.9 Å². The summed E-state index contributed by atoms with van der Waals surface area (Å²) in [6.07, 6.45) is -5.47. The highest BCUT2D eigenvalue weighted by Crippen LogP contribution is 2.16. The van der Waals surface area contributed by atoms with Crippen LogP contribution < -0.4 is 0 Å². The number of alkyl halides is 3. The number of carbonyl (C=O) groups is 1. The van der Waals surface area contributed by atoms with Gasteiger partial charge in [0.05, 0.1) is 6.54 Å². The van der Waals surface area contributed by atoms with E-state index in [0.29, 0.717) is 0 Å². The van der Waals surface area contributed by atoms with Gasteiger partial charge in [-0.25, -0.2) is 4.79 Å². The summed E-state index contributed by atoms with van der Waals surface area (Å²) in [5.74, 6) is 0. The van der Waals surface area contributed by atoms with Crippen molar-refractivity contribution in [2.75, 3.05) is 13.7 Å². The molecule has 0 aliphatic rings. The molecule has 1 aromatic heterocycles. The van der Waals surface area contributed by atoms with Crippen LogP contribution in [0.4, 0.5) is 18.0 Å². The molecule has 0 aromatic carbocycles. The second kappa shape index (κ2) is 5.20. The van der Waals surface area contributed by atoms with Gasteiger partial charge in [0, 0.05) is 11.9 Å². The van der Waals surface area contributed by atoms with E-state index in [1.54, 1.807) is 12.1 Å². The van der Waals surface area contributed by atoms with E-state index in [-0.39, 0.29) is 6.54 Å². The lowest BCUT2D eigenvalue weighted by Gasteiger charge is -2.16. The molecule has 90 valence electrons. The minimum absolute atomic E-state index is 0.244. The summed E-state index contributed by atoms with van der Waals surface area (Å²) in [7, 11) is 1.39. The van der Waals surface area contributed by atoms with Crippen LogP contribution in [0.5, 0.6) is 0 Å². The standard InChI is InChI=1S/C9H10F3NO2S/c1-13(5-7-3-2-4-16-7)8(14)15-6-9(10,11)12/h2-4H,5-6H2,1H3. The Morgan fingerprint density at radius 1 is 1.56 bits per heavy atom. The summed E-state index contributed by atoms with van der Waals surface area (Å²) < 4.78 is 39.4. The summed E-state index contributed by atoms with van der Waals surface area (Å²) >= 11 is 1.42. The Kier molecular flexibility index (Phi) is 4.17. The molecule has 0 spiro atoms. The molecule has 1 rings (SSSR count). The van der Waals surface area contributed by atoms with E-state index in [0.717, 1.165) is 9.78 Å². The third-order valence-corrected chi connectivity index (χ3v) is 2.51. The van der Waals surface area contributed by atoms with Crippen LogP contribution in [0, 0.1) is 0 Å². The van der Waals surface area contributed by atoms with Crippen molar-refractivity contribution in [3.05, 3.63) is 22.4 Å². The van der Waals surface area contributed by atoms with E-state index in [4.69, 9.17) is 0 Å². The highest BCUT2D eigenvalue weighted by molar-refractivity contribution is 7.09. The largest absolute Gasteiger partial charge is 0.440 e. The molecule has 0 bridgehead atoms. The van der Waals surface area contributed by atoms with Crippen LogP contribution >= 0.6 is 11.3 Å². The second-order valence-electron chi connectivity index (χ2n) is 3.11. The first kappa shape index (κ1) is 12.8. The molecular weight excluding hydrogens is 243 g/mol. The summed E-state index contributed by atoms with van der Waals surface area (Å²) in [5, 5.41) is 1.82. The zero-order valence-electron chi connectivity index (χ0n) is 8.45. The lowest BCUT2D eigenvalue weighted by Crippen LogP contribution is -2.30. The third-order valence-electron chi connectivity index (χ3n) is 1.64. The van der Waals surface area contributed by atoms with Crippen LogP contribution in [-0.4, -0.2) is 30.8 Å². The van der Waals surface area contributed by atoms with Crippen LogP contribution in [-0.2, 0) is 11.3 Å². The van der Waals surface area contributed by atoms with Crippen LogP contribution in [0.15, 0.2) is 17.5 Å². The Morgan fingerprint density at radius 3 is 2.75 bits per heavy atom. The van der Waals surface area contributed by atoms with Crippen molar-refractivity contribution < 1.29 is 22.7 Å². The number of amides is 1. The molecule has 1 aromatic rings. The predicted molar refractivity (Wildman–Crippen MR) is 53.2 cm³/mol. The van der Waals surface area contributed by atoms with E-state index in [1.807, 2.05) is 5.38 Å². The van der Waals surface area contributed by atoms with Gasteiger partial charge < -0.3 is 9.64 Å². The monoisotopic (exact) mass is 253 g/mol. The van der Waals surface area contributed by atoms with Gasteiger partial charge in [-0.15, -0.1) is 11.3 Å². The van der Waals surface area contributed by atoms with Gasteiger partial charge >= 0.3 is 12.3 Å². The maximum atomic E-state index is 11.8. The first-order chi connectivity index (χ1) is 7.38. The number of halogens is 3. The van der Waals surface area contributed by atoms with Crippen LogP contribution in [0.1, 0.15) is 4.88 Å². The van der Waals surface area contributed by atoms with Crippen molar-refractivity contribution in [2.24, 2.45) is 0 Å². The van der Waals surface area contributed by atoms with Gasteiger partial charge in [-0.3, -0.25) is 0 Å². The summed E-state index contributed by atoms with van der Waals surface area (Å²) in [4.78, 5) is 13.1. The number of hydrogen-bond donors (Lipinski definition) is 0. The minimum Gasteiger partial charge on any atom is -0.440 e. The quantitative estimate of drug-likeness (QED) is 0.829. The Morgan fingerprint density at radius 2 is 2.25 bits per heavy atom. The van der Waals surface area contributed by atoms with Crippen molar-refractivity contribution in [2.45, 2.75) is 12.7 Å². The highest BCUT2D eigenvalue weighted by Gasteiger charge is 2.30. The number of ether oxygens (including phenoxy) is 1. The average molecular weight is 253 g/mol. The Bertz CT molecular complexity index is 337. The third kappa shape index (κ3) is 4.52. The first-order valence-electron chi connectivity index (χ1n) is 4.35. The molecule has 16 heavy (non-hydrogen) atoms. The summed E-state index contributed by atoms with van der Waals surface area (Å²) in [6, 6.07) is 3.59. The minimum atomic E-state index is -4.49. The van der Waals surface area contributed by atoms with Gasteiger partial charge in [0.15, 0.2) is 6.61 Å². The van der Waals surface area contributed by atoms with Crippen LogP contribution in [0.2, 0.25) is 0 Å². The summed E-state index contributed by atoms with van der Waals surface area (Å²) in [6.45, 7) is -1.31. The van der Waals surface area contributed by atoms with Crippen LogP contribution in [0.3, 0.4) is 0 Å². The fourth-order valence-corrected chi connectivity index (χ4v) is 1.71. The Balaban J connectivity index is 2.37. The zero-order valence-corrected chi connectivity index (χ0v) is 9.27. The Labute approximate surface area is 94.4 Å². The molecule has 0 atom stereocenters. The average Bonchev–Trinajstić information content (AvgIpc) is 2.65. The Hall–Kier alpha value is -1.24. The lowest BCUT2D eigenvalue weighted by molar-refractivity contribution is -0.162. The van der Waals surface area contributed by atoms with Crippen LogP contribution in [0.25, 0.3) is 0 Å². The molecule has 0 N–H and O–H groups in total. The molecule has 1 amide bonds. The van der Waals surface area contributed by atoms with Gasteiger partial charge in [0.2, 0.25) is 0 Å². The first-order valence-corrected chi connectivity index (χ1v) is 5.23. The maximum absolute atomic E-state index is 11.8. The fraction of sp³-hybridized carbons (Fsp3) is 0.444. The SMILES string of the molecule is CN(Cc1cccs1)C(=O)OCC(F)(F)F. The number of hydrogen-bond acceptors (Lipinski definition) is 3. The van der Waals surface area contributed by atoms with E-state index >= 15 is 0 Å². The molecule has 0 saturated heterocycles. The fourth-order valence-electron chi connectivity index (χ4n) is 0.955. The van der Waals surface area contributed by atoms with Crippen molar-refractivity contribution in [3.63, 3.8) is 0 Å². The van der Waals surface area contributed by atoms with Crippen molar-refractivity contribution in [1.82, 2.24) is 4.90 Å². The normalized spacial score (nSPS) is 11.2. The van der Waals surface area contributed by atoms with Gasteiger partial charge in [0.1, 0.15) is 0 Å². The van der Waals surface area contributed by atoms with Gasteiger partial charge in [-0.2, -0.15) is 13.2 Å². The number of thiophene rings is 1. The molecule has 1 heterocycles. The molecule has 3 nitrogen and oxygen atoms in total. The lowest BCUT2D eigenvalue weighted by atomic mass is 10.4. The van der Waals surface area contributed by atoms with E-state index in [2.05, 4.69) is 4.74 Å². The predicted octanol–water partition coefficient (Wildman–Crippen LogP) is 2.88. The molecule has 0 radical (unpaired) electrons. The molecule has 0 aliphatic carbocycles. The topological polar surface area (TPSA) is 29.5 Å². The van der Waals surface area contributed by atoms with Crippen molar-refractivity contribution in [3.8, 4) is 0 Å².